The van der Waals surface area contributed by atoms with Crippen molar-refractivity contribution < 1.29 is 9.53 Å². The third-order valence-electron chi connectivity index (χ3n) is 3.34. The summed E-state index contributed by atoms with van der Waals surface area (Å²) in [5, 5.41) is 0. The second-order valence-electron chi connectivity index (χ2n) is 5.62. The Labute approximate surface area is 113 Å². The molecule has 0 aliphatic heterocycles. The molecule has 18 heavy (non-hydrogen) atoms. The number of rotatable bonds is 10. The minimum absolute atomic E-state index is 0.226. The van der Waals surface area contributed by atoms with Crippen LogP contribution in [0.4, 0.5) is 0 Å². The molecule has 0 amide bonds. The van der Waals surface area contributed by atoms with Crippen molar-refractivity contribution in [2.24, 2.45) is 0 Å². The molecule has 0 aliphatic rings. The predicted molar refractivity (Wildman–Crippen MR) is 77.6 cm³/mol. The standard InChI is InChI=1S/C16H30O2/c1-6-8-9-10-11-12-13-14(3)15(17)18-16(4,5)7-2/h3,6-13H2,1-2,4-5H3. The SMILES string of the molecule is C=C(CCCCCCCC)C(=O)OC(C)(C)CC. The highest BCUT2D eigenvalue weighted by molar-refractivity contribution is 5.87. The van der Waals surface area contributed by atoms with Crippen LogP contribution in [0.3, 0.4) is 0 Å². The van der Waals surface area contributed by atoms with Crippen LogP contribution in [0.25, 0.3) is 0 Å². The van der Waals surface area contributed by atoms with E-state index in [0.29, 0.717) is 5.57 Å². The normalized spacial score (nSPS) is 11.3. The molecule has 0 aromatic carbocycles. The van der Waals surface area contributed by atoms with Gasteiger partial charge in [0, 0.05) is 5.57 Å². The van der Waals surface area contributed by atoms with Crippen LogP contribution in [0.2, 0.25) is 0 Å². The van der Waals surface area contributed by atoms with E-state index in [4.69, 9.17) is 4.74 Å². The van der Waals surface area contributed by atoms with Crippen LogP contribution in [0.15, 0.2) is 12.2 Å². The van der Waals surface area contributed by atoms with Crippen molar-refractivity contribution in [2.45, 2.75) is 84.7 Å². The van der Waals surface area contributed by atoms with E-state index in [0.717, 1.165) is 19.3 Å². The summed E-state index contributed by atoms with van der Waals surface area (Å²) in [5.74, 6) is -0.226. The maximum atomic E-state index is 11.8. The minimum Gasteiger partial charge on any atom is -0.456 e. The number of carbonyl (C=O) groups excluding carboxylic acids is 1. The van der Waals surface area contributed by atoms with Crippen molar-refractivity contribution in [2.75, 3.05) is 0 Å². The summed E-state index contributed by atoms with van der Waals surface area (Å²) < 4.78 is 5.41. The Morgan fingerprint density at radius 2 is 1.61 bits per heavy atom. The van der Waals surface area contributed by atoms with Gasteiger partial charge in [0.2, 0.25) is 0 Å². The Morgan fingerprint density at radius 3 is 2.17 bits per heavy atom. The molecule has 2 nitrogen and oxygen atoms in total. The van der Waals surface area contributed by atoms with Gasteiger partial charge in [-0.15, -0.1) is 0 Å². The molecule has 0 aromatic rings. The van der Waals surface area contributed by atoms with E-state index < -0.39 is 0 Å². The maximum Gasteiger partial charge on any atom is 0.333 e. The average molecular weight is 254 g/mol. The summed E-state index contributed by atoms with van der Waals surface area (Å²) >= 11 is 0. The third-order valence-corrected chi connectivity index (χ3v) is 3.34. The van der Waals surface area contributed by atoms with Crippen LogP contribution in [0.5, 0.6) is 0 Å². The first-order valence-corrected chi connectivity index (χ1v) is 7.34. The fourth-order valence-corrected chi connectivity index (χ4v) is 1.62. The largest absolute Gasteiger partial charge is 0.456 e. The van der Waals surface area contributed by atoms with Gasteiger partial charge in [-0.05, 0) is 33.1 Å². The van der Waals surface area contributed by atoms with E-state index in [-0.39, 0.29) is 11.6 Å². The van der Waals surface area contributed by atoms with Gasteiger partial charge in [-0.1, -0.05) is 52.5 Å². The molecule has 0 rings (SSSR count). The van der Waals surface area contributed by atoms with Crippen molar-refractivity contribution in [3.05, 3.63) is 12.2 Å². The quantitative estimate of drug-likeness (QED) is 0.311. The van der Waals surface area contributed by atoms with E-state index >= 15 is 0 Å². The molecule has 0 bridgehead atoms. The van der Waals surface area contributed by atoms with Crippen molar-refractivity contribution in [3.63, 3.8) is 0 Å². The van der Waals surface area contributed by atoms with Gasteiger partial charge in [-0.2, -0.15) is 0 Å². The zero-order valence-electron chi connectivity index (χ0n) is 12.7. The first kappa shape index (κ1) is 17.2. The van der Waals surface area contributed by atoms with Gasteiger partial charge in [0.05, 0.1) is 0 Å². The van der Waals surface area contributed by atoms with E-state index in [2.05, 4.69) is 13.5 Å². The highest BCUT2D eigenvalue weighted by Gasteiger charge is 2.21. The zero-order chi connectivity index (χ0) is 14.0. The Kier molecular flexibility index (Phi) is 8.78. The molecule has 0 aromatic heterocycles. The lowest BCUT2D eigenvalue weighted by Gasteiger charge is -2.23. The molecule has 0 N–H and O–H groups in total. The van der Waals surface area contributed by atoms with Gasteiger partial charge in [-0.3, -0.25) is 0 Å². The minimum atomic E-state index is -0.374. The molecule has 0 unspecified atom stereocenters. The summed E-state index contributed by atoms with van der Waals surface area (Å²) in [6, 6.07) is 0. The molecule has 2 heteroatoms. The maximum absolute atomic E-state index is 11.8. The molecular weight excluding hydrogens is 224 g/mol. The summed E-state index contributed by atoms with van der Waals surface area (Å²) in [7, 11) is 0. The lowest BCUT2D eigenvalue weighted by molar-refractivity contribution is -0.151. The van der Waals surface area contributed by atoms with Crippen molar-refractivity contribution in [1.29, 1.82) is 0 Å². The Bertz CT molecular complexity index is 254. The predicted octanol–water partition coefficient (Wildman–Crippen LogP) is 5.03. The second-order valence-corrected chi connectivity index (χ2v) is 5.62. The van der Waals surface area contributed by atoms with Crippen LogP contribution >= 0.6 is 0 Å². The Balaban J connectivity index is 3.72. The second kappa shape index (κ2) is 9.18. The van der Waals surface area contributed by atoms with Crippen LogP contribution in [-0.2, 0) is 9.53 Å². The van der Waals surface area contributed by atoms with Crippen LogP contribution < -0.4 is 0 Å². The smallest absolute Gasteiger partial charge is 0.333 e. The number of unbranched alkanes of at least 4 members (excludes halogenated alkanes) is 5. The van der Waals surface area contributed by atoms with Gasteiger partial charge in [-0.25, -0.2) is 4.79 Å². The third kappa shape index (κ3) is 8.32. The van der Waals surface area contributed by atoms with Crippen molar-refractivity contribution >= 4 is 5.97 Å². The fraction of sp³-hybridized carbons (Fsp3) is 0.812. The highest BCUT2D eigenvalue weighted by Crippen LogP contribution is 2.18. The first-order chi connectivity index (χ1) is 8.43. The summed E-state index contributed by atoms with van der Waals surface area (Å²) in [5.41, 5.74) is 0.244. The molecule has 0 radical (unpaired) electrons. The van der Waals surface area contributed by atoms with E-state index in [1.807, 2.05) is 20.8 Å². The highest BCUT2D eigenvalue weighted by atomic mass is 16.6. The molecule has 0 saturated heterocycles. The lowest BCUT2D eigenvalue weighted by Crippen LogP contribution is -2.27. The van der Waals surface area contributed by atoms with Crippen LogP contribution in [0, 0.1) is 0 Å². The summed E-state index contributed by atoms with van der Waals surface area (Å²) in [6.07, 6.45) is 8.97. The van der Waals surface area contributed by atoms with E-state index in [9.17, 15) is 4.79 Å². The summed E-state index contributed by atoms with van der Waals surface area (Å²) in [4.78, 5) is 11.8. The van der Waals surface area contributed by atoms with Gasteiger partial charge >= 0.3 is 5.97 Å². The van der Waals surface area contributed by atoms with Gasteiger partial charge in [0.1, 0.15) is 5.60 Å². The first-order valence-electron chi connectivity index (χ1n) is 7.34. The zero-order valence-corrected chi connectivity index (χ0v) is 12.7. The summed E-state index contributed by atoms with van der Waals surface area (Å²) in [6.45, 7) is 11.9. The monoisotopic (exact) mass is 254 g/mol. The lowest BCUT2D eigenvalue weighted by atomic mass is 10.0. The van der Waals surface area contributed by atoms with Gasteiger partial charge < -0.3 is 4.74 Å². The molecule has 0 saturated carbocycles. The van der Waals surface area contributed by atoms with Crippen molar-refractivity contribution in [3.8, 4) is 0 Å². The molecule has 106 valence electrons. The number of hydrogen-bond donors (Lipinski definition) is 0. The molecule has 0 fully saturated rings. The van der Waals surface area contributed by atoms with Gasteiger partial charge in [0.15, 0.2) is 0 Å². The van der Waals surface area contributed by atoms with Gasteiger partial charge in [0.25, 0.3) is 0 Å². The molecule has 0 atom stereocenters. The number of esters is 1. The van der Waals surface area contributed by atoms with Crippen LogP contribution in [0.1, 0.15) is 79.1 Å². The Hall–Kier alpha value is -0.790. The average Bonchev–Trinajstić information content (AvgIpc) is 2.32. The molecule has 0 spiro atoms. The molecule has 0 heterocycles. The topological polar surface area (TPSA) is 26.3 Å². The number of carbonyl (C=O) groups is 1. The van der Waals surface area contributed by atoms with Crippen LogP contribution in [-0.4, -0.2) is 11.6 Å². The molecule has 0 aliphatic carbocycles. The number of ether oxygens (including phenoxy) is 1. The Morgan fingerprint density at radius 1 is 1.06 bits per heavy atom. The number of hydrogen-bond acceptors (Lipinski definition) is 2. The van der Waals surface area contributed by atoms with E-state index in [1.54, 1.807) is 0 Å². The van der Waals surface area contributed by atoms with Crippen molar-refractivity contribution in [1.82, 2.24) is 0 Å². The molecular formula is C16H30O2. The fourth-order valence-electron chi connectivity index (χ4n) is 1.62. The van der Waals surface area contributed by atoms with E-state index in [1.165, 1.54) is 32.1 Å².